The van der Waals surface area contributed by atoms with Crippen LogP contribution in [0, 0.1) is 5.41 Å². The van der Waals surface area contributed by atoms with E-state index >= 15 is 0 Å². The summed E-state index contributed by atoms with van der Waals surface area (Å²) in [6, 6.07) is 12.6. The summed E-state index contributed by atoms with van der Waals surface area (Å²) in [5.41, 5.74) is 0.000534. The van der Waals surface area contributed by atoms with Gasteiger partial charge in [0, 0.05) is 30.0 Å². The van der Waals surface area contributed by atoms with Crippen molar-refractivity contribution in [2.24, 2.45) is 5.41 Å². The topological polar surface area (TPSA) is 150 Å². The Kier molecular flexibility index (Phi) is 9.93. The van der Waals surface area contributed by atoms with Crippen LogP contribution in [0.25, 0.3) is 22.4 Å². The number of aromatic nitrogens is 4. The summed E-state index contributed by atoms with van der Waals surface area (Å²) in [4.78, 5) is 39.9. The second-order valence-corrected chi connectivity index (χ2v) is 14.3. The summed E-state index contributed by atoms with van der Waals surface area (Å²) < 4.78 is 53.6. The lowest BCUT2D eigenvalue weighted by Crippen LogP contribution is -2.77. The quantitative estimate of drug-likeness (QED) is 0.198. The third-order valence-electron chi connectivity index (χ3n) is 9.38. The van der Waals surface area contributed by atoms with Gasteiger partial charge in [-0.1, -0.05) is 20.8 Å². The smallest absolute Gasteiger partial charge is 0.408 e. The number of morpholine rings is 1. The lowest BCUT2D eigenvalue weighted by atomic mass is 9.69. The van der Waals surface area contributed by atoms with Crippen LogP contribution in [-0.2, 0) is 11.3 Å². The highest BCUT2D eigenvalue weighted by molar-refractivity contribution is 6.00. The molecule has 0 saturated carbocycles. The van der Waals surface area contributed by atoms with Crippen LogP contribution in [0.5, 0.6) is 5.75 Å². The number of halogens is 3. The molecule has 2 atom stereocenters. The molecule has 14 nitrogen and oxygen atoms in total. The number of nitrogens with one attached hydrogen (secondary N) is 2. The molecule has 3 N–H and O–H groups in total. The Balaban J connectivity index is 1.30. The Morgan fingerprint density at radius 3 is 2.29 bits per heavy atom. The van der Waals surface area contributed by atoms with Gasteiger partial charge in [0.15, 0.2) is 11.5 Å². The van der Waals surface area contributed by atoms with Crippen molar-refractivity contribution in [3.8, 4) is 17.1 Å². The molecule has 0 aliphatic carbocycles. The highest BCUT2D eigenvalue weighted by Gasteiger charge is 2.57. The molecule has 2 aliphatic heterocycles. The molecule has 4 heterocycles. The van der Waals surface area contributed by atoms with Gasteiger partial charge in [0.1, 0.15) is 24.7 Å². The van der Waals surface area contributed by atoms with Crippen molar-refractivity contribution < 1.29 is 37.3 Å². The van der Waals surface area contributed by atoms with Crippen LogP contribution in [0.4, 0.5) is 40.0 Å². The number of fused-ring (bicyclic) bond motifs is 3. The number of piperazine rings is 1. The van der Waals surface area contributed by atoms with Crippen LogP contribution in [-0.4, -0.2) is 118 Å². The normalized spacial score (nSPS) is 19.2. The van der Waals surface area contributed by atoms with Gasteiger partial charge in [0.25, 0.3) is 0 Å². The zero-order valence-corrected chi connectivity index (χ0v) is 29.6. The van der Waals surface area contributed by atoms with Gasteiger partial charge in [-0.05, 0) is 68.0 Å². The fraction of sp³-hybridized carbons (Fsp3) is 0.457. The van der Waals surface area contributed by atoms with Crippen LogP contribution < -0.4 is 20.3 Å². The van der Waals surface area contributed by atoms with Crippen LogP contribution in [0.15, 0.2) is 54.7 Å². The Hall–Kier alpha value is -5.16. The van der Waals surface area contributed by atoms with Crippen LogP contribution >= 0.6 is 0 Å². The minimum atomic E-state index is -4.57. The fourth-order valence-electron chi connectivity index (χ4n) is 6.60. The lowest BCUT2D eigenvalue weighted by Gasteiger charge is -2.62. The number of rotatable bonds is 9. The number of ether oxygens (including phenoxy) is 2. The van der Waals surface area contributed by atoms with E-state index < -0.39 is 41.8 Å². The molecular formula is C35H42F3N9O5. The molecule has 2 saturated heterocycles. The molecule has 3 amide bonds. The highest BCUT2D eigenvalue weighted by Crippen LogP contribution is 2.47. The maximum atomic E-state index is 13.7. The lowest BCUT2D eigenvalue weighted by molar-refractivity contribution is -0.141. The second kappa shape index (κ2) is 14.1. The number of alkyl halides is 3. The monoisotopic (exact) mass is 725 g/mol. The maximum absolute atomic E-state index is 13.7. The van der Waals surface area contributed by atoms with E-state index in [4.69, 9.17) is 14.5 Å². The van der Waals surface area contributed by atoms with Gasteiger partial charge >= 0.3 is 18.3 Å². The molecule has 0 spiro atoms. The summed E-state index contributed by atoms with van der Waals surface area (Å²) in [6.45, 7) is 6.43. The Morgan fingerprint density at radius 2 is 1.69 bits per heavy atom. The number of likely N-dealkylation sites (N-methyl/N-ethyl adjacent to an activating group) is 1. The maximum Gasteiger partial charge on any atom is 0.408 e. The summed E-state index contributed by atoms with van der Waals surface area (Å²) in [7, 11) is 3.92. The Labute approximate surface area is 298 Å². The van der Waals surface area contributed by atoms with E-state index in [1.54, 1.807) is 48.5 Å². The number of hydrogen-bond acceptors (Lipinski definition) is 9. The van der Waals surface area contributed by atoms with Gasteiger partial charge < -0.3 is 39.9 Å². The second-order valence-electron chi connectivity index (χ2n) is 14.3. The molecule has 2 fully saturated rings. The fourth-order valence-corrected chi connectivity index (χ4v) is 6.60. The Morgan fingerprint density at radius 1 is 1.04 bits per heavy atom. The number of amides is 3. The minimum absolute atomic E-state index is 0.0169. The highest BCUT2D eigenvalue weighted by atomic mass is 19.4. The third kappa shape index (κ3) is 7.69. The first-order valence-electron chi connectivity index (χ1n) is 16.7. The molecule has 52 heavy (non-hydrogen) atoms. The van der Waals surface area contributed by atoms with E-state index in [9.17, 15) is 27.9 Å². The average Bonchev–Trinajstić information content (AvgIpc) is 3.45. The molecule has 0 radical (unpaired) electrons. The third-order valence-corrected chi connectivity index (χ3v) is 9.38. The minimum Gasteiger partial charge on any atom is -0.492 e. The van der Waals surface area contributed by atoms with E-state index in [1.807, 2.05) is 44.7 Å². The zero-order valence-electron chi connectivity index (χ0n) is 29.6. The van der Waals surface area contributed by atoms with Crippen molar-refractivity contribution >= 4 is 40.4 Å². The van der Waals surface area contributed by atoms with Crippen LogP contribution in [0.1, 0.15) is 20.8 Å². The number of benzene rings is 2. The summed E-state index contributed by atoms with van der Waals surface area (Å²) in [6.07, 6.45) is -4.30. The first kappa shape index (κ1) is 36.6. The van der Waals surface area contributed by atoms with Gasteiger partial charge in [-0.2, -0.15) is 18.3 Å². The van der Waals surface area contributed by atoms with E-state index in [0.717, 1.165) is 11.2 Å². The molecule has 6 rings (SSSR count). The average molecular weight is 726 g/mol. The SMILES string of the molecule is CN(C)CCOc1ccc(NC(=O)Nc2ccc(-c3nc(N4C5COCC4(C(C)(C)C)CN(C(=O)O)C5)c4cnn(CC(F)(F)F)c4n3)cc2)cc1. The van der Waals surface area contributed by atoms with E-state index in [2.05, 4.69) is 20.7 Å². The molecule has 4 aromatic rings. The summed E-state index contributed by atoms with van der Waals surface area (Å²) in [5, 5.41) is 19.9. The van der Waals surface area contributed by atoms with Gasteiger partial charge in [-0.3, -0.25) is 0 Å². The van der Waals surface area contributed by atoms with Crippen molar-refractivity contribution in [1.82, 2.24) is 29.5 Å². The first-order valence-corrected chi connectivity index (χ1v) is 16.7. The predicted octanol–water partition coefficient (Wildman–Crippen LogP) is 5.62. The van der Waals surface area contributed by atoms with Crippen LogP contribution in [0.2, 0.25) is 0 Å². The molecule has 2 aromatic carbocycles. The van der Waals surface area contributed by atoms with Crippen molar-refractivity contribution in [3.05, 3.63) is 54.7 Å². The first-order chi connectivity index (χ1) is 24.5. The molecule has 2 unspecified atom stereocenters. The van der Waals surface area contributed by atoms with Crippen molar-refractivity contribution in [1.29, 1.82) is 0 Å². The molecular weight excluding hydrogens is 683 g/mol. The Bertz CT molecular complexity index is 1910. The van der Waals surface area contributed by atoms with E-state index in [1.165, 1.54) is 11.1 Å². The summed E-state index contributed by atoms with van der Waals surface area (Å²) in [5.74, 6) is 1.16. The van der Waals surface area contributed by atoms with Gasteiger partial charge in [0.05, 0.1) is 42.9 Å². The van der Waals surface area contributed by atoms with Gasteiger partial charge in [-0.15, -0.1) is 0 Å². The van der Waals surface area contributed by atoms with Crippen molar-refractivity contribution in [2.45, 2.75) is 45.1 Å². The van der Waals surface area contributed by atoms with Gasteiger partial charge in [-0.25, -0.2) is 24.2 Å². The zero-order chi connectivity index (χ0) is 37.4. The summed E-state index contributed by atoms with van der Waals surface area (Å²) >= 11 is 0. The van der Waals surface area contributed by atoms with Gasteiger partial charge in [0.2, 0.25) is 0 Å². The molecule has 278 valence electrons. The molecule has 2 aliphatic rings. The number of carbonyl (C=O) groups excluding carboxylic acids is 1. The number of anilines is 3. The largest absolute Gasteiger partial charge is 0.492 e. The number of urea groups is 1. The predicted molar refractivity (Wildman–Crippen MR) is 189 cm³/mol. The van der Waals surface area contributed by atoms with Crippen molar-refractivity contribution in [2.75, 3.05) is 69.1 Å². The standard InChI is InChI=1S/C35H42F3N9O5/c1-33(2,3)34-19-45(32(49)50)17-25(18-51-21-34)47(34)30-27-16-39-46(20-35(36,37)38)29(27)42-28(43-30)22-6-8-23(9-7-22)40-31(48)41-24-10-12-26(13-11-24)52-15-14-44(4)5/h6-13,16,25H,14-15,17-21H2,1-5H3,(H,49,50)(H2,40,41,48). The number of carboxylic acid groups (broad SMARTS) is 1. The number of carbonyl (C=O) groups is 2. The van der Waals surface area contributed by atoms with Crippen molar-refractivity contribution in [3.63, 3.8) is 0 Å². The number of nitrogens with zero attached hydrogens (tertiary/aromatic N) is 7. The van der Waals surface area contributed by atoms with E-state index in [-0.39, 0.29) is 37.8 Å². The van der Waals surface area contributed by atoms with E-state index in [0.29, 0.717) is 40.5 Å². The molecule has 2 aromatic heterocycles. The molecule has 17 heteroatoms. The number of hydrogen-bond donors (Lipinski definition) is 3. The molecule has 2 bridgehead atoms. The van der Waals surface area contributed by atoms with Crippen LogP contribution in [0.3, 0.4) is 0 Å².